The van der Waals surface area contributed by atoms with E-state index in [1.807, 2.05) is 67.6 Å². The quantitative estimate of drug-likeness (QED) is 0.316. The van der Waals surface area contributed by atoms with Crippen molar-refractivity contribution in [3.8, 4) is 34.0 Å². The fourth-order valence-corrected chi connectivity index (χ4v) is 3.70. The van der Waals surface area contributed by atoms with Gasteiger partial charge in [0.1, 0.15) is 18.1 Å². The third kappa shape index (κ3) is 4.82. The van der Waals surface area contributed by atoms with Gasteiger partial charge in [-0.2, -0.15) is 0 Å². The van der Waals surface area contributed by atoms with Gasteiger partial charge in [0.05, 0.1) is 28.5 Å². The molecule has 0 amide bonds. The molecule has 2 heterocycles. The SMILES string of the molecule is COc1ccc(COc2cc(-c3ncccc3-c3ncc(C)cc3Cl)ccc2Cl)cc1. The van der Waals surface area contributed by atoms with Gasteiger partial charge in [0, 0.05) is 23.5 Å². The number of methoxy groups -OCH3 is 1. The lowest BCUT2D eigenvalue weighted by molar-refractivity contribution is 0.306. The van der Waals surface area contributed by atoms with E-state index in [9.17, 15) is 0 Å². The van der Waals surface area contributed by atoms with E-state index < -0.39 is 0 Å². The molecule has 0 aliphatic rings. The van der Waals surface area contributed by atoms with E-state index in [2.05, 4.69) is 9.97 Å². The summed E-state index contributed by atoms with van der Waals surface area (Å²) in [4.78, 5) is 9.11. The Morgan fingerprint density at radius 3 is 2.42 bits per heavy atom. The zero-order chi connectivity index (χ0) is 21.8. The Hall–Kier alpha value is -3.08. The molecule has 0 unspecified atom stereocenters. The molecule has 0 fully saturated rings. The molecule has 0 N–H and O–H groups in total. The van der Waals surface area contributed by atoms with E-state index in [1.54, 1.807) is 19.5 Å². The molecule has 0 bridgehead atoms. The number of rotatable bonds is 6. The average Bonchev–Trinajstić information content (AvgIpc) is 2.79. The number of ether oxygens (including phenoxy) is 2. The molecule has 0 spiro atoms. The maximum Gasteiger partial charge on any atom is 0.139 e. The number of nitrogens with zero attached hydrogens (tertiary/aromatic N) is 2. The van der Waals surface area contributed by atoms with E-state index in [0.29, 0.717) is 28.1 Å². The summed E-state index contributed by atoms with van der Waals surface area (Å²) in [6.07, 6.45) is 3.54. The molecule has 2 aromatic heterocycles. The van der Waals surface area contributed by atoms with Crippen LogP contribution in [-0.4, -0.2) is 17.1 Å². The summed E-state index contributed by atoms with van der Waals surface area (Å²) in [5.41, 5.74) is 5.16. The number of pyridine rings is 2. The Labute approximate surface area is 191 Å². The maximum atomic E-state index is 6.47. The van der Waals surface area contributed by atoms with Crippen LogP contribution in [0.3, 0.4) is 0 Å². The molecule has 0 aliphatic heterocycles. The molecule has 0 atom stereocenters. The van der Waals surface area contributed by atoms with Crippen molar-refractivity contribution < 1.29 is 9.47 Å². The summed E-state index contributed by atoms with van der Waals surface area (Å²) in [5, 5.41) is 1.11. The van der Waals surface area contributed by atoms with Crippen LogP contribution in [-0.2, 0) is 6.61 Å². The summed E-state index contributed by atoms with van der Waals surface area (Å²) in [6.45, 7) is 2.34. The molecule has 4 aromatic rings. The Morgan fingerprint density at radius 2 is 1.68 bits per heavy atom. The van der Waals surface area contributed by atoms with Gasteiger partial charge in [-0.15, -0.1) is 0 Å². The Bertz CT molecular complexity index is 1210. The molecule has 0 saturated carbocycles. The van der Waals surface area contributed by atoms with Gasteiger partial charge in [-0.1, -0.05) is 41.4 Å². The predicted octanol–water partition coefficient (Wildman–Crippen LogP) is 7.01. The Kier molecular flexibility index (Phi) is 6.40. The van der Waals surface area contributed by atoms with Gasteiger partial charge >= 0.3 is 0 Å². The monoisotopic (exact) mass is 450 g/mol. The first kappa shape index (κ1) is 21.2. The third-order valence-electron chi connectivity index (χ3n) is 4.80. The van der Waals surface area contributed by atoms with Crippen molar-refractivity contribution in [1.29, 1.82) is 0 Å². The smallest absolute Gasteiger partial charge is 0.139 e. The van der Waals surface area contributed by atoms with Crippen molar-refractivity contribution >= 4 is 23.2 Å². The lowest BCUT2D eigenvalue weighted by Gasteiger charge is -2.13. The van der Waals surface area contributed by atoms with E-state index in [1.165, 1.54) is 0 Å². The number of hydrogen-bond donors (Lipinski definition) is 0. The van der Waals surface area contributed by atoms with Crippen molar-refractivity contribution in [2.75, 3.05) is 7.11 Å². The summed E-state index contributed by atoms with van der Waals surface area (Å²) >= 11 is 12.9. The van der Waals surface area contributed by atoms with E-state index in [4.69, 9.17) is 32.7 Å². The van der Waals surface area contributed by atoms with E-state index >= 15 is 0 Å². The van der Waals surface area contributed by atoms with Gasteiger partial charge in [0.15, 0.2) is 0 Å². The van der Waals surface area contributed by atoms with Crippen molar-refractivity contribution in [1.82, 2.24) is 9.97 Å². The molecular weight excluding hydrogens is 431 g/mol. The molecule has 0 aliphatic carbocycles. The van der Waals surface area contributed by atoms with Gasteiger partial charge in [0.25, 0.3) is 0 Å². The first-order valence-corrected chi connectivity index (χ1v) is 10.4. The molecule has 6 heteroatoms. The van der Waals surface area contributed by atoms with Gasteiger partial charge in [-0.3, -0.25) is 9.97 Å². The highest BCUT2D eigenvalue weighted by Crippen LogP contribution is 2.36. The predicted molar refractivity (Wildman–Crippen MR) is 125 cm³/mol. The van der Waals surface area contributed by atoms with Gasteiger partial charge in [0.2, 0.25) is 0 Å². The summed E-state index contributed by atoms with van der Waals surface area (Å²) in [7, 11) is 1.64. The number of aryl methyl sites for hydroxylation is 1. The fourth-order valence-electron chi connectivity index (χ4n) is 3.20. The van der Waals surface area contributed by atoms with Gasteiger partial charge in [-0.05, 0) is 60.5 Å². The minimum Gasteiger partial charge on any atom is -0.497 e. The van der Waals surface area contributed by atoms with Crippen LogP contribution >= 0.6 is 23.2 Å². The minimum atomic E-state index is 0.383. The molecule has 4 nitrogen and oxygen atoms in total. The average molecular weight is 451 g/mol. The topological polar surface area (TPSA) is 44.2 Å². The second-order valence-electron chi connectivity index (χ2n) is 7.02. The van der Waals surface area contributed by atoms with Crippen LogP contribution in [0.5, 0.6) is 11.5 Å². The number of hydrogen-bond acceptors (Lipinski definition) is 4. The summed E-state index contributed by atoms with van der Waals surface area (Å²) in [6, 6.07) is 19.0. The largest absolute Gasteiger partial charge is 0.497 e. The fraction of sp³-hybridized carbons (Fsp3) is 0.120. The highest BCUT2D eigenvalue weighted by Gasteiger charge is 2.15. The second-order valence-corrected chi connectivity index (χ2v) is 7.84. The van der Waals surface area contributed by atoms with Crippen molar-refractivity contribution in [2.45, 2.75) is 13.5 Å². The standard InChI is InChI=1S/C25H20Cl2N2O2/c1-16-12-22(27)25(29-14-16)20-4-3-11-28-24(20)18-7-10-21(26)23(13-18)31-15-17-5-8-19(30-2)9-6-17/h3-14H,15H2,1-2H3. The lowest BCUT2D eigenvalue weighted by atomic mass is 10.0. The zero-order valence-electron chi connectivity index (χ0n) is 17.1. The highest BCUT2D eigenvalue weighted by molar-refractivity contribution is 6.33. The molecule has 4 rings (SSSR count). The first-order chi connectivity index (χ1) is 15.0. The maximum absolute atomic E-state index is 6.47. The van der Waals surface area contributed by atoms with Crippen molar-refractivity contribution in [3.05, 3.63) is 94.2 Å². The highest BCUT2D eigenvalue weighted by atomic mass is 35.5. The lowest BCUT2D eigenvalue weighted by Crippen LogP contribution is -1.97. The molecule has 0 radical (unpaired) electrons. The van der Waals surface area contributed by atoms with Crippen LogP contribution in [0.15, 0.2) is 73.1 Å². The van der Waals surface area contributed by atoms with Crippen molar-refractivity contribution in [3.63, 3.8) is 0 Å². The van der Waals surface area contributed by atoms with Crippen molar-refractivity contribution in [2.24, 2.45) is 0 Å². The molecular formula is C25H20Cl2N2O2. The van der Waals surface area contributed by atoms with Gasteiger partial charge < -0.3 is 9.47 Å². The zero-order valence-corrected chi connectivity index (χ0v) is 18.6. The van der Waals surface area contributed by atoms with Crippen LogP contribution in [0.2, 0.25) is 10.0 Å². The third-order valence-corrected chi connectivity index (χ3v) is 5.40. The van der Waals surface area contributed by atoms with E-state index in [0.717, 1.165) is 33.7 Å². The van der Waals surface area contributed by atoms with Crippen LogP contribution in [0.4, 0.5) is 0 Å². The molecule has 2 aromatic carbocycles. The second kappa shape index (κ2) is 9.38. The Morgan fingerprint density at radius 1 is 0.871 bits per heavy atom. The van der Waals surface area contributed by atoms with Crippen LogP contribution in [0.1, 0.15) is 11.1 Å². The first-order valence-electron chi connectivity index (χ1n) is 9.68. The number of benzene rings is 2. The number of aromatic nitrogens is 2. The normalized spacial score (nSPS) is 10.7. The summed E-state index contributed by atoms with van der Waals surface area (Å²) < 4.78 is 11.2. The van der Waals surface area contributed by atoms with Crippen LogP contribution in [0.25, 0.3) is 22.5 Å². The number of halogens is 2. The summed E-state index contributed by atoms with van der Waals surface area (Å²) in [5.74, 6) is 1.38. The molecule has 0 saturated heterocycles. The minimum absolute atomic E-state index is 0.383. The Balaban J connectivity index is 1.65. The van der Waals surface area contributed by atoms with Crippen LogP contribution < -0.4 is 9.47 Å². The van der Waals surface area contributed by atoms with Gasteiger partial charge in [-0.25, -0.2) is 0 Å². The van der Waals surface area contributed by atoms with Crippen LogP contribution in [0, 0.1) is 6.92 Å². The van der Waals surface area contributed by atoms with E-state index in [-0.39, 0.29) is 0 Å². The molecule has 156 valence electrons. The molecule has 31 heavy (non-hydrogen) atoms.